The van der Waals surface area contributed by atoms with Gasteiger partial charge >= 0.3 is 0 Å². The first-order chi connectivity index (χ1) is 42.5. The average Bonchev–Trinajstić information content (AvgIpc) is 2.81. The number of fused-ring (bicyclic) bond motifs is 8. The van der Waals surface area contributed by atoms with Crippen molar-refractivity contribution in [1.29, 1.82) is 0 Å². The van der Waals surface area contributed by atoms with Crippen LogP contribution < -0.4 is 18.9 Å². The molecule has 13 rings (SSSR count). The Bertz CT molecular complexity index is 3400. The largest absolute Gasteiger partial charge is 0.462 e. The fourth-order valence-corrected chi connectivity index (χ4v) is 11.3. The Morgan fingerprint density at radius 1 is 0.284 bits per heavy atom. The van der Waals surface area contributed by atoms with Crippen LogP contribution in [0.15, 0.2) is 121 Å². The number of nitrogens with zero attached hydrogens (tertiary/aromatic N) is 2. The molecule has 3 aromatic heterocycles. The van der Waals surface area contributed by atoms with Crippen LogP contribution in [0.1, 0.15) is 22.8 Å². The SMILES string of the molecule is O[C@@H]1[C@H](O)COC(Oc2ccc(-c3c4nc(c(-c5ccc(OC6OC[C@@H](O)[C@@H](O)[C@@H]6O)cc5)c5ccc([nH]5)c(-c5ccc(OC6OC[C@@H](O)[C@@H](O)[C@@H]6O)cc5)c5nc(c(-c6ccc(OC7OC[C@@H](O)[C@@H](O)[C@@H]7O)cc6)c6ccc3[nH]6)C=C5)C=C4)cc2)[C@H]1O. The number of aliphatic hydroxyl groups excluding tert-OH is 12. The van der Waals surface area contributed by atoms with Gasteiger partial charge in [0.1, 0.15) is 96.2 Å². The van der Waals surface area contributed by atoms with Crippen LogP contribution in [0.2, 0.25) is 0 Å². The Kier molecular flexibility index (Phi) is 16.5. The summed E-state index contributed by atoms with van der Waals surface area (Å²) in [6, 6.07) is 35.6. The van der Waals surface area contributed by atoms with E-state index in [0.29, 0.717) is 112 Å². The number of hydrogen-bond acceptors (Lipinski definition) is 22. The Morgan fingerprint density at radius 2 is 0.489 bits per heavy atom. The van der Waals surface area contributed by atoms with Crippen LogP contribution in [-0.4, -0.2) is 206 Å². The van der Waals surface area contributed by atoms with Crippen molar-refractivity contribution in [2.24, 2.45) is 0 Å². The van der Waals surface area contributed by atoms with Crippen LogP contribution in [0.25, 0.3) is 90.9 Å². The minimum atomic E-state index is -1.53. The predicted octanol–water partition coefficient (Wildman–Crippen LogP) is 2.59. The summed E-state index contributed by atoms with van der Waals surface area (Å²) >= 11 is 0. The van der Waals surface area contributed by atoms with E-state index in [4.69, 9.17) is 47.9 Å². The van der Waals surface area contributed by atoms with Gasteiger partial charge in [0.25, 0.3) is 0 Å². The Balaban J connectivity index is 0.985. The van der Waals surface area contributed by atoms with Crippen LogP contribution in [0.4, 0.5) is 0 Å². The molecule has 9 heterocycles. The van der Waals surface area contributed by atoms with E-state index in [-0.39, 0.29) is 26.4 Å². The fourth-order valence-electron chi connectivity index (χ4n) is 11.3. The highest BCUT2D eigenvalue weighted by Gasteiger charge is 2.42. The second-order valence-electron chi connectivity index (χ2n) is 22.1. The topological polar surface area (TPSA) is 374 Å². The summed E-state index contributed by atoms with van der Waals surface area (Å²) in [5.41, 5.74) is 9.95. The lowest BCUT2D eigenvalue weighted by atomic mass is 10.0. The van der Waals surface area contributed by atoms with Crippen molar-refractivity contribution in [3.63, 3.8) is 0 Å². The lowest BCUT2D eigenvalue weighted by Crippen LogP contribution is -2.54. The number of nitrogens with one attached hydrogen (secondary N) is 2. The third-order valence-electron chi connectivity index (χ3n) is 16.2. The van der Waals surface area contributed by atoms with Gasteiger partial charge in [-0.05, 0) is 119 Å². The van der Waals surface area contributed by atoms with Crippen molar-refractivity contribution in [2.45, 2.75) is 98.4 Å². The maximum absolute atomic E-state index is 10.7. The van der Waals surface area contributed by atoms with Gasteiger partial charge in [-0.15, -0.1) is 0 Å². The zero-order chi connectivity index (χ0) is 61.1. The Labute approximate surface area is 500 Å². The first-order valence-corrected chi connectivity index (χ1v) is 28.4. The second-order valence-corrected chi connectivity index (χ2v) is 22.1. The fraction of sp³-hybridized carbons (Fsp3) is 0.312. The van der Waals surface area contributed by atoms with Crippen LogP contribution in [-0.2, 0) is 18.9 Å². The highest BCUT2D eigenvalue weighted by atomic mass is 16.7. The first-order valence-electron chi connectivity index (χ1n) is 28.4. The van der Waals surface area contributed by atoms with Gasteiger partial charge in [0.2, 0.25) is 25.2 Å². The van der Waals surface area contributed by atoms with Crippen molar-refractivity contribution < 1.29 is 99.2 Å². The molecular formula is C64H62N4O20. The molecule has 4 aromatic carbocycles. The van der Waals surface area contributed by atoms with Crippen LogP contribution >= 0.6 is 0 Å². The minimum Gasteiger partial charge on any atom is -0.462 e. The number of hydrogen-bond donors (Lipinski definition) is 14. The van der Waals surface area contributed by atoms with Crippen molar-refractivity contribution in [1.82, 2.24) is 19.9 Å². The van der Waals surface area contributed by atoms with Gasteiger partial charge in [-0.1, -0.05) is 48.5 Å². The molecule has 4 unspecified atom stereocenters. The van der Waals surface area contributed by atoms with Crippen molar-refractivity contribution in [3.8, 4) is 67.5 Å². The zero-order valence-corrected chi connectivity index (χ0v) is 46.4. The third-order valence-corrected chi connectivity index (χ3v) is 16.2. The van der Waals surface area contributed by atoms with Crippen molar-refractivity contribution in [2.75, 3.05) is 26.4 Å². The molecule has 7 aromatic rings. The number of H-pyrrole nitrogens is 2. The molecular weight excluding hydrogens is 1140 g/mol. The molecule has 4 saturated heterocycles. The molecule has 0 radical (unpaired) electrons. The molecule has 24 nitrogen and oxygen atoms in total. The molecule has 14 N–H and O–H groups in total. The normalized spacial score (nSPS) is 29.6. The van der Waals surface area contributed by atoms with Gasteiger partial charge in [-0.2, -0.15) is 0 Å². The van der Waals surface area contributed by atoms with Crippen LogP contribution in [0.3, 0.4) is 0 Å². The number of aromatic nitrogens is 4. The van der Waals surface area contributed by atoms with E-state index in [2.05, 4.69) is 9.97 Å². The van der Waals surface area contributed by atoms with E-state index in [1.807, 2.05) is 97.1 Å². The monoisotopic (exact) mass is 1210 g/mol. The van der Waals surface area contributed by atoms with E-state index >= 15 is 0 Å². The van der Waals surface area contributed by atoms with Gasteiger partial charge in [0, 0.05) is 44.3 Å². The van der Waals surface area contributed by atoms with Gasteiger partial charge in [-0.25, -0.2) is 9.97 Å². The van der Waals surface area contributed by atoms with Crippen LogP contribution in [0.5, 0.6) is 23.0 Å². The van der Waals surface area contributed by atoms with Gasteiger partial charge in [0.05, 0.1) is 49.2 Å². The van der Waals surface area contributed by atoms with E-state index in [1.165, 1.54) is 0 Å². The maximum atomic E-state index is 10.7. The summed E-state index contributed by atoms with van der Waals surface area (Å²) < 4.78 is 46.1. The minimum absolute atomic E-state index is 0.251. The van der Waals surface area contributed by atoms with Gasteiger partial charge in [0.15, 0.2) is 0 Å². The predicted molar refractivity (Wildman–Crippen MR) is 314 cm³/mol. The quantitative estimate of drug-likeness (QED) is 0.0836. The third kappa shape index (κ3) is 11.6. The summed E-state index contributed by atoms with van der Waals surface area (Å²) in [4.78, 5) is 18.1. The molecule has 6 aliphatic rings. The van der Waals surface area contributed by atoms with Crippen LogP contribution in [0, 0.1) is 0 Å². The smallest absolute Gasteiger partial charge is 0.228 e. The van der Waals surface area contributed by atoms with Crippen molar-refractivity contribution in [3.05, 3.63) is 144 Å². The molecule has 88 heavy (non-hydrogen) atoms. The zero-order valence-electron chi connectivity index (χ0n) is 46.4. The summed E-state index contributed by atoms with van der Waals surface area (Å²) in [5.74, 6) is 1.20. The molecule has 4 fully saturated rings. The Hall–Kier alpha value is -7.96. The molecule has 0 aliphatic carbocycles. The second kappa shape index (κ2) is 24.5. The van der Waals surface area contributed by atoms with E-state index in [0.717, 1.165) is 0 Å². The summed E-state index contributed by atoms with van der Waals surface area (Å²) in [5, 5.41) is 125. The summed E-state index contributed by atoms with van der Waals surface area (Å²) in [6.45, 7) is -1.00. The molecule has 16 atom stereocenters. The van der Waals surface area contributed by atoms with Gasteiger partial charge < -0.3 is 109 Å². The molecule has 8 bridgehead atoms. The highest BCUT2D eigenvalue weighted by molar-refractivity contribution is 6.00. The lowest BCUT2D eigenvalue weighted by molar-refractivity contribution is -0.242. The maximum Gasteiger partial charge on any atom is 0.228 e. The standard InChI is InChI=1S/C64H62N4O20/c69-45-25-81-61(57(77)53(45)73)85-33-9-1-29(2-10-33)49-37-17-19-39(65-37)50(30-3-11-34(12-4-30)86-62-58(78)54(74)46(70)26-82-62)41-21-23-43(67-41)52(32-7-15-36(16-8-32)88-64-60(80)56(76)48(72)28-84-64)44-24-22-42(68-44)51(40-20-18-38(49)66-40)31-5-13-35(14-6-31)87-63-59(79)55(75)47(71)27-83-63/h1-24,45-48,53-65,68-80H,25-28H2/t45-,46-,47-,48-,53-,54-,55-,56-,57+,58+,59+,60+,61?,62?,63?,64?/m1/s1. The highest BCUT2D eigenvalue weighted by Crippen LogP contribution is 2.41. The number of aliphatic hydroxyl groups is 12. The molecule has 0 saturated carbocycles. The number of ether oxygens (including phenoxy) is 8. The molecule has 458 valence electrons. The molecule has 24 heteroatoms. The molecule has 0 spiro atoms. The number of benzene rings is 4. The van der Waals surface area contributed by atoms with Crippen molar-refractivity contribution >= 4 is 46.4 Å². The summed E-state index contributed by atoms with van der Waals surface area (Å²) in [7, 11) is 0. The summed E-state index contributed by atoms with van der Waals surface area (Å²) in [6.07, 6.45) is -14.7. The number of aromatic amines is 2. The van der Waals surface area contributed by atoms with Gasteiger partial charge in [-0.3, -0.25) is 0 Å². The average molecular weight is 1210 g/mol. The number of rotatable bonds is 12. The molecule has 0 amide bonds. The first kappa shape index (κ1) is 59.0. The van der Waals surface area contributed by atoms with E-state index in [9.17, 15) is 61.3 Å². The molecule has 6 aliphatic heterocycles. The Morgan fingerprint density at radius 3 is 0.693 bits per heavy atom. The van der Waals surface area contributed by atoms with E-state index in [1.54, 1.807) is 48.5 Å². The lowest BCUT2D eigenvalue weighted by Gasteiger charge is -2.34. The van der Waals surface area contributed by atoms with E-state index < -0.39 is 98.4 Å².